The van der Waals surface area contributed by atoms with Gasteiger partial charge < -0.3 is 14.4 Å². The van der Waals surface area contributed by atoms with Crippen molar-refractivity contribution in [2.75, 3.05) is 33.4 Å². The van der Waals surface area contributed by atoms with E-state index in [9.17, 15) is 4.79 Å². The van der Waals surface area contributed by atoms with Crippen LogP contribution in [0.2, 0.25) is 0 Å². The molecule has 2 aliphatic heterocycles. The number of hydrogen-bond donors (Lipinski definition) is 0. The van der Waals surface area contributed by atoms with E-state index in [-0.39, 0.29) is 18.1 Å². The Labute approximate surface area is 189 Å². The second-order valence-corrected chi connectivity index (χ2v) is 9.40. The van der Waals surface area contributed by atoms with Gasteiger partial charge in [0.05, 0.1) is 28.9 Å². The number of thiazole rings is 1. The molecule has 0 spiro atoms. The van der Waals surface area contributed by atoms with Crippen molar-refractivity contribution in [1.29, 1.82) is 0 Å². The van der Waals surface area contributed by atoms with Crippen LogP contribution in [0.15, 0.2) is 29.8 Å². The third-order valence-electron chi connectivity index (χ3n) is 6.50. The molecule has 0 bridgehead atoms. The number of hydrogen-bond acceptors (Lipinski definition) is 6. The summed E-state index contributed by atoms with van der Waals surface area (Å²) in [6.07, 6.45) is 5.24. The first-order valence-electron chi connectivity index (χ1n) is 11.3. The Balaban J connectivity index is 1.56. The van der Waals surface area contributed by atoms with Crippen LogP contribution in [0.4, 0.5) is 0 Å². The summed E-state index contributed by atoms with van der Waals surface area (Å²) in [6, 6.07) is 7.79. The van der Waals surface area contributed by atoms with Crippen molar-refractivity contribution in [1.82, 2.24) is 14.8 Å². The predicted octanol–water partition coefficient (Wildman–Crippen LogP) is 4.14. The lowest BCUT2D eigenvalue weighted by Gasteiger charge is -2.41. The summed E-state index contributed by atoms with van der Waals surface area (Å²) in [6.45, 7) is 6.17. The lowest BCUT2D eigenvalue weighted by Crippen LogP contribution is -2.51. The van der Waals surface area contributed by atoms with Crippen LogP contribution in [-0.4, -0.2) is 66.2 Å². The Bertz CT molecular complexity index is 871. The molecular formula is C24H33N3O3S. The molecule has 7 heteroatoms. The van der Waals surface area contributed by atoms with Gasteiger partial charge in [-0.05, 0) is 51.3 Å². The van der Waals surface area contributed by atoms with E-state index in [1.54, 1.807) is 18.4 Å². The zero-order valence-electron chi connectivity index (χ0n) is 18.6. The number of benzene rings is 1. The number of ether oxygens (including phenoxy) is 2. The zero-order valence-corrected chi connectivity index (χ0v) is 19.4. The van der Waals surface area contributed by atoms with E-state index in [1.165, 1.54) is 4.88 Å². The summed E-state index contributed by atoms with van der Waals surface area (Å²) in [5.41, 5.74) is 3.70. The number of methoxy groups -OCH3 is 1. The summed E-state index contributed by atoms with van der Waals surface area (Å²) >= 11 is 1.72. The molecule has 2 aliphatic rings. The van der Waals surface area contributed by atoms with Crippen molar-refractivity contribution in [2.24, 2.45) is 0 Å². The van der Waals surface area contributed by atoms with Gasteiger partial charge in [0, 0.05) is 31.6 Å². The highest BCUT2D eigenvalue weighted by atomic mass is 32.1. The van der Waals surface area contributed by atoms with Crippen molar-refractivity contribution in [3.05, 3.63) is 45.9 Å². The molecule has 4 rings (SSSR count). The first-order chi connectivity index (χ1) is 15.2. The van der Waals surface area contributed by atoms with E-state index in [0.717, 1.165) is 64.0 Å². The fraction of sp³-hybridized carbons (Fsp3) is 0.583. The number of amides is 1. The van der Waals surface area contributed by atoms with Gasteiger partial charge in [-0.1, -0.05) is 18.6 Å². The third-order valence-corrected chi connectivity index (χ3v) is 7.42. The van der Waals surface area contributed by atoms with Crippen molar-refractivity contribution < 1.29 is 14.3 Å². The quantitative estimate of drug-likeness (QED) is 0.714. The number of carbonyl (C=O) groups is 1. The summed E-state index contributed by atoms with van der Waals surface area (Å²) in [4.78, 5) is 23.7. The standard InChI is InChI=1S/C24H33N3O3S/c1-18-23(31-17-25-18)16-26-12-6-5-9-20-22(29-2)11-7-13-27(20)24(28)19-8-3-4-10-21(19)30-15-14-26/h3-4,8,10,17,20,22H,5-7,9,11-16H2,1-2H3/t20-,22-/m0/s1. The molecule has 0 unspecified atom stereocenters. The van der Waals surface area contributed by atoms with Crippen LogP contribution in [0.25, 0.3) is 0 Å². The average Bonchev–Trinajstić information content (AvgIpc) is 3.20. The van der Waals surface area contributed by atoms with E-state index in [1.807, 2.05) is 34.7 Å². The predicted molar refractivity (Wildman–Crippen MR) is 123 cm³/mol. The molecule has 1 aromatic carbocycles. The van der Waals surface area contributed by atoms with Gasteiger partial charge in [-0.15, -0.1) is 11.3 Å². The topological polar surface area (TPSA) is 54.9 Å². The van der Waals surface area contributed by atoms with Gasteiger partial charge >= 0.3 is 0 Å². The molecule has 1 fully saturated rings. The molecule has 2 aromatic rings. The number of piperidine rings is 1. The summed E-state index contributed by atoms with van der Waals surface area (Å²) in [5, 5.41) is 0. The van der Waals surface area contributed by atoms with Gasteiger partial charge in [0.1, 0.15) is 12.4 Å². The number of rotatable bonds is 3. The fourth-order valence-corrected chi connectivity index (χ4v) is 5.56. The molecule has 0 radical (unpaired) electrons. The Morgan fingerprint density at radius 2 is 2.03 bits per heavy atom. The van der Waals surface area contributed by atoms with Gasteiger partial charge in [-0.3, -0.25) is 9.69 Å². The smallest absolute Gasteiger partial charge is 0.257 e. The molecule has 6 nitrogen and oxygen atoms in total. The van der Waals surface area contributed by atoms with E-state index in [4.69, 9.17) is 9.47 Å². The van der Waals surface area contributed by atoms with Crippen LogP contribution in [0, 0.1) is 6.92 Å². The Hall–Kier alpha value is -1.96. The molecular weight excluding hydrogens is 410 g/mol. The normalized spacial score (nSPS) is 23.7. The fourth-order valence-electron chi connectivity index (χ4n) is 4.74. The van der Waals surface area contributed by atoms with Gasteiger partial charge in [0.15, 0.2) is 0 Å². The maximum atomic E-state index is 13.5. The largest absolute Gasteiger partial charge is 0.491 e. The van der Waals surface area contributed by atoms with E-state index < -0.39 is 0 Å². The Morgan fingerprint density at radius 1 is 1.16 bits per heavy atom. The van der Waals surface area contributed by atoms with Crippen LogP contribution >= 0.6 is 11.3 Å². The van der Waals surface area contributed by atoms with Crippen LogP contribution in [0.3, 0.4) is 0 Å². The molecule has 1 aromatic heterocycles. The minimum absolute atomic E-state index is 0.0683. The number of carbonyl (C=O) groups excluding carboxylic acids is 1. The lowest BCUT2D eigenvalue weighted by atomic mass is 9.93. The minimum atomic E-state index is 0.0683. The van der Waals surface area contributed by atoms with E-state index in [0.29, 0.717) is 17.9 Å². The molecule has 31 heavy (non-hydrogen) atoms. The molecule has 1 amide bonds. The van der Waals surface area contributed by atoms with Crippen LogP contribution in [0.5, 0.6) is 5.75 Å². The number of nitrogens with zero attached hydrogens (tertiary/aromatic N) is 3. The molecule has 0 N–H and O–H groups in total. The Morgan fingerprint density at radius 3 is 2.84 bits per heavy atom. The van der Waals surface area contributed by atoms with Gasteiger partial charge in [0.25, 0.3) is 5.91 Å². The van der Waals surface area contributed by atoms with Crippen molar-refractivity contribution in [3.63, 3.8) is 0 Å². The number of fused-ring (bicyclic) bond motifs is 2. The van der Waals surface area contributed by atoms with E-state index >= 15 is 0 Å². The third kappa shape index (κ3) is 5.27. The summed E-state index contributed by atoms with van der Waals surface area (Å²) in [7, 11) is 1.77. The molecule has 0 aliphatic carbocycles. The van der Waals surface area contributed by atoms with E-state index in [2.05, 4.69) is 16.8 Å². The van der Waals surface area contributed by atoms with Crippen molar-refractivity contribution >= 4 is 17.2 Å². The average molecular weight is 444 g/mol. The SMILES string of the molecule is CO[C@H]1CCCN2C(=O)c3ccccc3OCCN(Cc3scnc3C)CCCC[C@@H]12. The lowest BCUT2D eigenvalue weighted by molar-refractivity contribution is -0.0155. The monoisotopic (exact) mass is 443 g/mol. The second-order valence-electron chi connectivity index (χ2n) is 8.46. The first kappa shape index (κ1) is 22.2. The summed E-state index contributed by atoms with van der Waals surface area (Å²) < 4.78 is 12.0. The number of para-hydroxylation sites is 1. The molecule has 168 valence electrons. The van der Waals surface area contributed by atoms with Crippen molar-refractivity contribution in [3.8, 4) is 5.75 Å². The highest BCUT2D eigenvalue weighted by molar-refractivity contribution is 7.09. The highest BCUT2D eigenvalue weighted by Crippen LogP contribution is 2.29. The van der Waals surface area contributed by atoms with Gasteiger partial charge in [-0.25, -0.2) is 4.98 Å². The van der Waals surface area contributed by atoms with Gasteiger partial charge in [-0.2, -0.15) is 0 Å². The number of aryl methyl sites for hydroxylation is 1. The van der Waals surface area contributed by atoms with Gasteiger partial charge in [0.2, 0.25) is 0 Å². The second kappa shape index (κ2) is 10.6. The zero-order chi connectivity index (χ0) is 21.6. The minimum Gasteiger partial charge on any atom is -0.491 e. The number of aromatic nitrogens is 1. The van der Waals surface area contributed by atoms with Crippen LogP contribution < -0.4 is 4.74 Å². The maximum absolute atomic E-state index is 13.5. The first-order valence-corrected chi connectivity index (χ1v) is 12.2. The molecule has 1 saturated heterocycles. The molecule has 0 saturated carbocycles. The Kier molecular flexibility index (Phi) is 7.58. The maximum Gasteiger partial charge on any atom is 0.257 e. The highest BCUT2D eigenvalue weighted by Gasteiger charge is 2.35. The van der Waals surface area contributed by atoms with Crippen LogP contribution in [-0.2, 0) is 11.3 Å². The van der Waals surface area contributed by atoms with Crippen molar-refractivity contribution in [2.45, 2.75) is 57.7 Å². The summed E-state index contributed by atoms with van der Waals surface area (Å²) in [5.74, 6) is 0.748. The molecule has 3 heterocycles. The molecule has 2 atom stereocenters. The van der Waals surface area contributed by atoms with Crippen LogP contribution in [0.1, 0.15) is 53.0 Å².